The van der Waals surface area contributed by atoms with Crippen LogP contribution in [0.5, 0.6) is 0 Å². The largest absolute Gasteiger partial charge is 0.419 e. The van der Waals surface area contributed by atoms with Crippen molar-refractivity contribution in [3.05, 3.63) is 88.6 Å². The molecule has 9 heteroatoms. The molecule has 32 heavy (non-hydrogen) atoms. The maximum Gasteiger partial charge on any atom is 0.419 e. The number of alkyl halides is 3. The van der Waals surface area contributed by atoms with Gasteiger partial charge in [-0.25, -0.2) is 13.8 Å². The van der Waals surface area contributed by atoms with Crippen LogP contribution < -0.4 is 10.6 Å². The zero-order valence-electron chi connectivity index (χ0n) is 17.2. The van der Waals surface area contributed by atoms with E-state index in [0.29, 0.717) is 22.8 Å². The van der Waals surface area contributed by atoms with Crippen LogP contribution in [-0.4, -0.2) is 10.9 Å². The topological polar surface area (TPSA) is 54.0 Å². The van der Waals surface area contributed by atoms with E-state index in [1.807, 2.05) is 13.8 Å². The Morgan fingerprint density at radius 2 is 1.72 bits per heavy atom. The highest BCUT2D eigenvalue weighted by atomic mass is 19.4. The van der Waals surface area contributed by atoms with Gasteiger partial charge >= 0.3 is 6.18 Å². The maximum atomic E-state index is 13.5. The number of hydrogen-bond acceptors (Lipinski definition) is 3. The Kier molecular flexibility index (Phi) is 6.76. The molecule has 0 atom stereocenters. The first kappa shape index (κ1) is 23.2. The standard InChI is InChI=1S/C23H20F5N3O/c1-13(2)17-10-21(31-16-7-8-20(25)19(9-16)23(26,27)28)29-12-18(17)22(32)30-11-14-3-5-15(24)6-4-14/h3-10,12-13H,11H2,1-2H3,(H,29,31)(H,30,32). The summed E-state index contributed by atoms with van der Waals surface area (Å²) in [5.41, 5.74) is 0.270. The summed E-state index contributed by atoms with van der Waals surface area (Å²) in [6.45, 7) is 3.90. The minimum atomic E-state index is -4.83. The summed E-state index contributed by atoms with van der Waals surface area (Å²) in [4.78, 5) is 16.8. The van der Waals surface area contributed by atoms with Gasteiger partial charge in [0.05, 0.1) is 11.1 Å². The van der Waals surface area contributed by atoms with Crippen molar-refractivity contribution in [2.24, 2.45) is 0 Å². The number of carbonyl (C=O) groups is 1. The fraction of sp³-hybridized carbons (Fsp3) is 0.217. The summed E-state index contributed by atoms with van der Waals surface area (Å²) < 4.78 is 65.4. The number of benzene rings is 2. The van der Waals surface area contributed by atoms with Gasteiger partial charge in [0, 0.05) is 18.4 Å². The van der Waals surface area contributed by atoms with Gasteiger partial charge in [-0.15, -0.1) is 0 Å². The zero-order chi connectivity index (χ0) is 23.5. The molecule has 3 rings (SSSR count). The molecule has 0 fully saturated rings. The van der Waals surface area contributed by atoms with Gasteiger partial charge in [0.2, 0.25) is 0 Å². The van der Waals surface area contributed by atoms with Crippen molar-refractivity contribution in [2.75, 3.05) is 5.32 Å². The van der Waals surface area contributed by atoms with Crippen molar-refractivity contribution < 1.29 is 26.7 Å². The summed E-state index contributed by atoms with van der Waals surface area (Å²) in [6.07, 6.45) is -3.50. The number of halogens is 5. The predicted molar refractivity (Wildman–Crippen MR) is 111 cm³/mol. The van der Waals surface area contributed by atoms with Crippen LogP contribution in [-0.2, 0) is 12.7 Å². The van der Waals surface area contributed by atoms with E-state index in [1.165, 1.54) is 24.4 Å². The fourth-order valence-corrected chi connectivity index (χ4v) is 3.05. The minimum absolute atomic E-state index is 0.00874. The zero-order valence-corrected chi connectivity index (χ0v) is 17.2. The molecule has 0 aliphatic heterocycles. The third kappa shape index (κ3) is 5.60. The third-order valence-corrected chi connectivity index (χ3v) is 4.71. The lowest BCUT2D eigenvalue weighted by atomic mass is 9.98. The molecule has 0 saturated heterocycles. The van der Waals surface area contributed by atoms with E-state index in [4.69, 9.17) is 0 Å². The molecule has 1 aromatic heterocycles. The molecule has 1 heterocycles. The van der Waals surface area contributed by atoms with Crippen LogP contribution in [0.3, 0.4) is 0 Å². The van der Waals surface area contributed by atoms with Crippen LogP contribution in [0.15, 0.2) is 54.7 Å². The Bertz CT molecular complexity index is 1110. The Morgan fingerprint density at radius 1 is 1.03 bits per heavy atom. The average molecular weight is 449 g/mol. The third-order valence-electron chi connectivity index (χ3n) is 4.71. The SMILES string of the molecule is CC(C)c1cc(Nc2ccc(F)c(C(F)(F)F)c2)ncc1C(=O)NCc1ccc(F)cc1. The van der Waals surface area contributed by atoms with Crippen molar-refractivity contribution in [1.82, 2.24) is 10.3 Å². The molecule has 0 saturated carbocycles. The first-order chi connectivity index (χ1) is 15.0. The molecular weight excluding hydrogens is 429 g/mol. The molecule has 3 aromatic rings. The van der Waals surface area contributed by atoms with Gasteiger partial charge in [-0.05, 0) is 53.4 Å². The van der Waals surface area contributed by atoms with Crippen molar-refractivity contribution in [2.45, 2.75) is 32.5 Å². The molecule has 0 spiro atoms. The lowest BCUT2D eigenvalue weighted by Gasteiger charge is -2.16. The second-order valence-electron chi connectivity index (χ2n) is 7.44. The van der Waals surface area contributed by atoms with Gasteiger partial charge in [-0.3, -0.25) is 4.79 Å². The number of aromatic nitrogens is 1. The highest BCUT2D eigenvalue weighted by Crippen LogP contribution is 2.34. The predicted octanol–water partition coefficient (Wildman–Crippen LogP) is 6.18. The second kappa shape index (κ2) is 9.33. The van der Waals surface area contributed by atoms with E-state index in [-0.39, 0.29) is 29.8 Å². The summed E-state index contributed by atoms with van der Waals surface area (Å²) in [5, 5.41) is 5.46. The van der Waals surface area contributed by atoms with Crippen LogP contribution in [0.25, 0.3) is 0 Å². The Hall–Kier alpha value is -3.49. The van der Waals surface area contributed by atoms with Crippen LogP contribution in [0.1, 0.15) is 46.8 Å². The van der Waals surface area contributed by atoms with Crippen molar-refractivity contribution >= 4 is 17.4 Å². The molecule has 0 unspecified atom stereocenters. The average Bonchev–Trinajstić information content (AvgIpc) is 2.73. The summed E-state index contributed by atoms with van der Waals surface area (Å²) in [6, 6.07) is 9.83. The highest BCUT2D eigenvalue weighted by Gasteiger charge is 2.34. The number of pyridine rings is 1. The lowest BCUT2D eigenvalue weighted by Crippen LogP contribution is -2.24. The first-order valence-corrected chi connectivity index (χ1v) is 9.71. The van der Waals surface area contributed by atoms with Gasteiger partial charge in [0.15, 0.2) is 0 Å². The number of nitrogens with one attached hydrogen (secondary N) is 2. The Labute approximate surface area is 181 Å². The summed E-state index contributed by atoms with van der Waals surface area (Å²) in [5.74, 6) is -2.02. The van der Waals surface area contributed by atoms with Gasteiger partial charge in [0.1, 0.15) is 17.5 Å². The summed E-state index contributed by atoms with van der Waals surface area (Å²) >= 11 is 0. The number of nitrogens with zero attached hydrogens (tertiary/aromatic N) is 1. The molecular formula is C23H20F5N3O. The molecule has 2 N–H and O–H groups in total. The molecule has 0 aliphatic rings. The van der Waals surface area contributed by atoms with Crippen LogP contribution in [0.4, 0.5) is 33.5 Å². The van der Waals surface area contributed by atoms with E-state index in [2.05, 4.69) is 15.6 Å². The van der Waals surface area contributed by atoms with Crippen molar-refractivity contribution in [1.29, 1.82) is 0 Å². The molecule has 4 nitrogen and oxygen atoms in total. The monoisotopic (exact) mass is 449 g/mol. The Morgan fingerprint density at radius 3 is 2.34 bits per heavy atom. The van der Waals surface area contributed by atoms with E-state index in [1.54, 1.807) is 18.2 Å². The van der Waals surface area contributed by atoms with Crippen LogP contribution in [0.2, 0.25) is 0 Å². The second-order valence-corrected chi connectivity index (χ2v) is 7.44. The van der Waals surface area contributed by atoms with E-state index < -0.39 is 23.5 Å². The minimum Gasteiger partial charge on any atom is -0.348 e. The number of amides is 1. The summed E-state index contributed by atoms with van der Waals surface area (Å²) in [7, 11) is 0. The Balaban J connectivity index is 1.80. The van der Waals surface area contributed by atoms with Crippen LogP contribution in [0, 0.1) is 11.6 Å². The van der Waals surface area contributed by atoms with Gasteiger partial charge in [0.25, 0.3) is 5.91 Å². The van der Waals surface area contributed by atoms with Gasteiger partial charge in [-0.1, -0.05) is 26.0 Å². The lowest BCUT2D eigenvalue weighted by molar-refractivity contribution is -0.139. The number of anilines is 2. The van der Waals surface area contributed by atoms with E-state index in [9.17, 15) is 26.7 Å². The normalized spacial score (nSPS) is 11.5. The molecule has 0 aliphatic carbocycles. The van der Waals surface area contributed by atoms with E-state index >= 15 is 0 Å². The highest BCUT2D eigenvalue weighted by molar-refractivity contribution is 5.95. The van der Waals surface area contributed by atoms with Crippen molar-refractivity contribution in [3.63, 3.8) is 0 Å². The molecule has 2 aromatic carbocycles. The first-order valence-electron chi connectivity index (χ1n) is 9.71. The molecule has 1 amide bonds. The van der Waals surface area contributed by atoms with Crippen LogP contribution >= 0.6 is 0 Å². The van der Waals surface area contributed by atoms with Crippen molar-refractivity contribution in [3.8, 4) is 0 Å². The molecule has 168 valence electrons. The van der Waals surface area contributed by atoms with E-state index in [0.717, 1.165) is 6.07 Å². The quantitative estimate of drug-likeness (QED) is 0.442. The van der Waals surface area contributed by atoms with Gasteiger partial charge in [-0.2, -0.15) is 13.2 Å². The van der Waals surface area contributed by atoms with Gasteiger partial charge < -0.3 is 10.6 Å². The molecule has 0 radical (unpaired) electrons. The number of rotatable bonds is 6. The molecule has 0 bridgehead atoms. The number of carbonyl (C=O) groups excluding carboxylic acids is 1. The smallest absolute Gasteiger partial charge is 0.348 e. The maximum absolute atomic E-state index is 13.5. The fourth-order valence-electron chi connectivity index (χ4n) is 3.05. The number of hydrogen-bond donors (Lipinski definition) is 2.